The van der Waals surface area contributed by atoms with E-state index < -0.39 is 0 Å². The molecule has 0 amide bonds. The van der Waals surface area contributed by atoms with Crippen molar-refractivity contribution in [3.05, 3.63) is 0 Å². The average molecular weight is 227 g/mol. The van der Waals surface area contributed by atoms with Crippen LogP contribution >= 0.6 is 0 Å². The summed E-state index contributed by atoms with van der Waals surface area (Å²) in [7, 11) is 0. The zero-order valence-corrected chi connectivity index (χ0v) is 11.5. The van der Waals surface area contributed by atoms with E-state index >= 15 is 0 Å². The van der Waals surface area contributed by atoms with E-state index in [-0.39, 0.29) is 0 Å². The third-order valence-electron chi connectivity index (χ3n) is 3.44. The van der Waals surface area contributed by atoms with Crippen molar-refractivity contribution in [3.8, 4) is 0 Å². The second kappa shape index (κ2) is 6.02. The maximum Gasteiger partial charge on any atom is 0.0509 e. The molecular formula is C14H29NO. The fraction of sp³-hybridized carbons (Fsp3) is 1.00. The summed E-state index contributed by atoms with van der Waals surface area (Å²) in [4.78, 5) is 0. The maximum atomic E-state index is 6.29. The van der Waals surface area contributed by atoms with Crippen LogP contribution < -0.4 is 5.73 Å². The van der Waals surface area contributed by atoms with Crippen LogP contribution in [0.25, 0.3) is 0 Å². The fourth-order valence-electron chi connectivity index (χ4n) is 2.89. The smallest absolute Gasteiger partial charge is 0.0509 e. The van der Waals surface area contributed by atoms with Crippen molar-refractivity contribution in [2.75, 3.05) is 13.2 Å². The number of nitrogens with two attached hydrogens (primary N) is 1. The van der Waals surface area contributed by atoms with Gasteiger partial charge in [0, 0.05) is 12.6 Å². The highest BCUT2D eigenvalue weighted by Gasteiger charge is 2.24. The van der Waals surface area contributed by atoms with Gasteiger partial charge in [0.1, 0.15) is 0 Å². The van der Waals surface area contributed by atoms with Gasteiger partial charge >= 0.3 is 0 Å². The van der Waals surface area contributed by atoms with Crippen LogP contribution in [0, 0.1) is 17.3 Å². The van der Waals surface area contributed by atoms with Crippen molar-refractivity contribution in [1.29, 1.82) is 0 Å². The molecule has 0 aromatic rings. The predicted octanol–water partition coefficient (Wildman–Crippen LogP) is 3.20. The minimum atomic E-state index is 0.331. The Labute approximate surface area is 101 Å². The van der Waals surface area contributed by atoms with Gasteiger partial charge in [-0.15, -0.1) is 0 Å². The SMILES string of the molecule is CC(CC(N)C1CCCOC1)CC(C)(C)C. The van der Waals surface area contributed by atoms with E-state index in [1.54, 1.807) is 0 Å². The summed E-state index contributed by atoms with van der Waals surface area (Å²) in [5.74, 6) is 1.31. The van der Waals surface area contributed by atoms with E-state index in [1.807, 2.05) is 0 Å². The van der Waals surface area contributed by atoms with E-state index in [1.165, 1.54) is 19.3 Å². The minimum absolute atomic E-state index is 0.331. The first-order valence-electron chi connectivity index (χ1n) is 6.72. The zero-order valence-electron chi connectivity index (χ0n) is 11.5. The summed E-state index contributed by atoms with van der Waals surface area (Å²) in [6.45, 7) is 11.1. The van der Waals surface area contributed by atoms with Crippen molar-refractivity contribution >= 4 is 0 Å². The largest absolute Gasteiger partial charge is 0.381 e. The first kappa shape index (κ1) is 14.0. The molecule has 3 atom stereocenters. The standard InChI is InChI=1S/C14H29NO/c1-11(9-14(2,3)4)8-13(15)12-6-5-7-16-10-12/h11-13H,5-10,15H2,1-4H3. The monoisotopic (exact) mass is 227 g/mol. The van der Waals surface area contributed by atoms with Gasteiger partial charge < -0.3 is 10.5 Å². The van der Waals surface area contributed by atoms with Gasteiger partial charge in [0.05, 0.1) is 6.61 Å². The third-order valence-corrected chi connectivity index (χ3v) is 3.44. The van der Waals surface area contributed by atoms with Crippen molar-refractivity contribution in [3.63, 3.8) is 0 Å². The Morgan fingerprint density at radius 2 is 2.06 bits per heavy atom. The van der Waals surface area contributed by atoms with Gasteiger partial charge in [0.2, 0.25) is 0 Å². The second-order valence-electron chi connectivity index (χ2n) is 6.75. The molecule has 1 heterocycles. The Hall–Kier alpha value is -0.0800. The third kappa shape index (κ3) is 5.31. The van der Waals surface area contributed by atoms with Crippen molar-refractivity contribution in [1.82, 2.24) is 0 Å². The highest BCUT2D eigenvalue weighted by Crippen LogP contribution is 2.28. The molecule has 96 valence electrons. The highest BCUT2D eigenvalue weighted by molar-refractivity contribution is 4.78. The molecule has 0 aromatic heterocycles. The molecule has 2 nitrogen and oxygen atoms in total. The Morgan fingerprint density at radius 3 is 2.56 bits per heavy atom. The van der Waals surface area contributed by atoms with Gasteiger partial charge in [-0.3, -0.25) is 0 Å². The van der Waals surface area contributed by atoms with Gasteiger partial charge in [-0.2, -0.15) is 0 Å². The van der Waals surface area contributed by atoms with Crippen molar-refractivity contribution in [2.24, 2.45) is 23.0 Å². The van der Waals surface area contributed by atoms with E-state index in [0.717, 1.165) is 25.6 Å². The number of rotatable bonds is 4. The fourth-order valence-corrected chi connectivity index (χ4v) is 2.89. The van der Waals surface area contributed by atoms with Crippen LogP contribution in [0.2, 0.25) is 0 Å². The summed E-state index contributed by atoms with van der Waals surface area (Å²) >= 11 is 0. The minimum Gasteiger partial charge on any atom is -0.381 e. The average Bonchev–Trinajstić information content (AvgIpc) is 2.16. The molecule has 1 rings (SSSR count). The van der Waals surface area contributed by atoms with Crippen LogP contribution in [0.15, 0.2) is 0 Å². The normalized spacial score (nSPS) is 26.4. The zero-order chi connectivity index (χ0) is 12.2. The van der Waals surface area contributed by atoms with Gasteiger partial charge in [-0.25, -0.2) is 0 Å². The van der Waals surface area contributed by atoms with Gasteiger partial charge in [-0.1, -0.05) is 27.7 Å². The number of ether oxygens (including phenoxy) is 1. The molecule has 0 aromatic carbocycles. The molecule has 2 heteroatoms. The van der Waals surface area contributed by atoms with Crippen LogP contribution in [0.3, 0.4) is 0 Å². The van der Waals surface area contributed by atoms with E-state index in [2.05, 4.69) is 27.7 Å². The molecule has 1 aliphatic rings. The van der Waals surface area contributed by atoms with Gasteiger partial charge in [0.15, 0.2) is 0 Å². The molecule has 16 heavy (non-hydrogen) atoms. The predicted molar refractivity (Wildman–Crippen MR) is 69.4 cm³/mol. The summed E-state index contributed by atoms with van der Waals surface area (Å²) < 4.78 is 5.51. The second-order valence-corrected chi connectivity index (χ2v) is 6.75. The lowest BCUT2D eigenvalue weighted by Crippen LogP contribution is -2.37. The Kier molecular flexibility index (Phi) is 5.26. The lowest BCUT2D eigenvalue weighted by molar-refractivity contribution is 0.0410. The summed E-state index contributed by atoms with van der Waals surface area (Å²) in [6.07, 6.45) is 4.84. The summed E-state index contributed by atoms with van der Waals surface area (Å²) in [5.41, 5.74) is 6.71. The molecule has 2 N–H and O–H groups in total. The Bertz CT molecular complexity index is 191. The highest BCUT2D eigenvalue weighted by atomic mass is 16.5. The maximum absolute atomic E-state index is 6.29. The van der Waals surface area contributed by atoms with Crippen LogP contribution in [0.4, 0.5) is 0 Å². The number of hydrogen-bond acceptors (Lipinski definition) is 2. The van der Waals surface area contributed by atoms with Crippen LogP contribution in [-0.2, 0) is 4.74 Å². The van der Waals surface area contributed by atoms with E-state index in [9.17, 15) is 0 Å². The summed E-state index contributed by atoms with van der Waals surface area (Å²) in [5, 5.41) is 0. The van der Waals surface area contributed by atoms with Crippen LogP contribution in [0.1, 0.15) is 53.4 Å². The molecule has 1 saturated heterocycles. The van der Waals surface area contributed by atoms with Crippen LogP contribution in [0.5, 0.6) is 0 Å². The molecule has 0 saturated carbocycles. The Balaban J connectivity index is 2.29. The topological polar surface area (TPSA) is 35.2 Å². The molecular weight excluding hydrogens is 198 g/mol. The van der Waals surface area contributed by atoms with Crippen molar-refractivity contribution in [2.45, 2.75) is 59.4 Å². The lowest BCUT2D eigenvalue weighted by atomic mass is 9.80. The quantitative estimate of drug-likeness (QED) is 0.800. The van der Waals surface area contributed by atoms with E-state index in [4.69, 9.17) is 10.5 Å². The molecule has 0 spiro atoms. The van der Waals surface area contributed by atoms with E-state index in [0.29, 0.717) is 17.4 Å². The first-order chi connectivity index (χ1) is 7.38. The first-order valence-corrected chi connectivity index (χ1v) is 6.72. The molecule has 0 aliphatic carbocycles. The molecule has 1 fully saturated rings. The van der Waals surface area contributed by atoms with Gasteiger partial charge in [-0.05, 0) is 42.9 Å². The van der Waals surface area contributed by atoms with Gasteiger partial charge in [0.25, 0.3) is 0 Å². The summed E-state index contributed by atoms with van der Waals surface area (Å²) in [6, 6.07) is 0.331. The van der Waals surface area contributed by atoms with Crippen LogP contribution in [-0.4, -0.2) is 19.3 Å². The molecule has 1 aliphatic heterocycles. The van der Waals surface area contributed by atoms with Crippen molar-refractivity contribution < 1.29 is 4.74 Å². The molecule has 0 bridgehead atoms. The molecule has 3 unspecified atom stereocenters. The Morgan fingerprint density at radius 1 is 1.38 bits per heavy atom. The lowest BCUT2D eigenvalue weighted by Gasteiger charge is -2.31. The number of hydrogen-bond donors (Lipinski definition) is 1. The molecule has 0 radical (unpaired) electrons.